The molecule has 63 heavy (non-hydrogen) atoms. The van der Waals surface area contributed by atoms with Gasteiger partial charge in [-0.1, -0.05) is 252 Å². The second-order valence-corrected chi connectivity index (χ2v) is 18.7. The van der Waals surface area contributed by atoms with Crippen LogP contribution in [0.1, 0.15) is 290 Å². The lowest BCUT2D eigenvalue weighted by atomic mass is 10.0. The fourth-order valence-corrected chi connectivity index (χ4v) is 8.50. The lowest BCUT2D eigenvalue weighted by Gasteiger charge is -2.24. The van der Waals surface area contributed by atoms with Crippen molar-refractivity contribution in [3.05, 3.63) is 11.5 Å². The zero-order valence-corrected chi connectivity index (χ0v) is 41.3. The molecule has 1 aliphatic rings. The predicted octanol–water partition coefficient (Wildman–Crippen LogP) is 16.1. The van der Waals surface area contributed by atoms with Crippen LogP contribution in [-0.2, 0) is 38.1 Å². The van der Waals surface area contributed by atoms with Crippen LogP contribution < -0.4 is 0 Å². The monoisotopic (exact) mass is 891 g/mol. The van der Waals surface area contributed by atoms with Crippen molar-refractivity contribution in [3.63, 3.8) is 0 Å². The van der Waals surface area contributed by atoms with Gasteiger partial charge in [0.05, 0.1) is 0 Å². The van der Waals surface area contributed by atoms with E-state index in [0.717, 1.165) is 57.8 Å². The number of aliphatic hydroxyl groups is 1. The third-order valence-electron chi connectivity index (χ3n) is 12.6. The van der Waals surface area contributed by atoms with Gasteiger partial charge >= 0.3 is 23.9 Å². The van der Waals surface area contributed by atoms with Crippen LogP contribution in [0.15, 0.2) is 11.5 Å². The van der Waals surface area contributed by atoms with E-state index in [1.54, 1.807) is 0 Å². The summed E-state index contributed by atoms with van der Waals surface area (Å²) in [5.74, 6) is -3.83. The fourth-order valence-electron chi connectivity index (χ4n) is 8.50. The smallest absolute Gasteiger partial charge is 0.378 e. The third kappa shape index (κ3) is 34.4. The molecule has 0 fully saturated rings. The number of carbonyl (C=O) groups is 4. The van der Waals surface area contributed by atoms with Gasteiger partial charge in [-0.2, -0.15) is 0 Å². The van der Waals surface area contributed by atoms with E-state index in [0.29, 0.717) is 19.3 Å². The van der Waals surface area contributed by atoms with E-state index in [2.05, 4.69) is 20.8 Å². The van der Waals surface area contributed by atoms with Crippen molar-refractivity contribution in [1.82, 2.24) is 0 Å². The average Bonchev–Trinajstić information content (AvgIpc) is 3.55. The van der Waals surface area contributed by atoms with Gasteiger partial charge in [-0.25, -0.2) is 4.79 Å². The van der Waals surface area contributed by atoms with Crippen molar-refractivity contribution >= 4 is 23.9 Å². The summed E-state index contributed by atoms with van der Waals surface area (Å²) in [4.78, 5) is 51.4. The van der Waals surface area contributed by atoms with E-state index >= 15 is 0 Å². The van der Waals surface area contributed by atoms with Gasteiger partial charge in [-0.05, 0) is 19.3 Å². The Morgan fingerprint density at radius 2 is 0.730 bits per heavy atom. The van der Waals surface area contributed by atoms with Crippen molar-refractivity contribution in [3.8, 4) is 0 Å². The van der Waals surface area contributed by atoms with Gasteiger partial charge in [0, 0.05) is 19.3 Å². The number of hydrogen-bond donors (Lipinski definition) is 1. The molecule has 0 radical (unpaired) electrons. The summed E-state index contributed by atoms with van der Waals surface area (Å²) in [7, 11) is 0. The van der Waals surface area contributed by atoms with Gasteiger partial charge in [0.2, 0.25) is 17.6 Å². The molecule has 1 N–H and O–H groups in total. The molecule has 368 valence electrons. The molecule has 0 aromatic carbocycles. The van der Waals surface area contributed by atoms with E-state index in [-0.39, 0.29) is 31.6 Å². The molecule has 0 unspecified atom stereocenters. The Bertz CT molecular complexity index is 1150. The van der Waals surface area contributed by atoms with E-state index in [1.807, 2.05) is 0 Å². The van der Waals surface area contributed by atoms with Gasteiger partial charge in [0.1, 0.15) is 6.61 Å². The number of cyclic esters (lactones) is 1. The highest BCUT2D eigenvalue weighted by Gasteiger charge is 2.45. The third-order valence-corrected chi connectivity index (χ3v) is 12.6. The molecule has 1 heterocycles. The highest BCUT2D eigenvalue weighted by Crippen LogP contribution is 2.28. The molecule has 0 spiro atoms. The van der Waals surface area contributed by atoms with Gasteiger partial charge < -0.3 is 24.1 Å². The summed E-state index contributed by atoms with van der Waals surface area (Å²) >= 11 is 0. The highest BCUT2D eigenvalue weighted by molar-refractivity contribution is 5.90. The lowest BCUT2D eigenvalue weighted by molar-refractivity contribution is -0.172. The Hall–Kier alpha value is -2.58. The SMILES string of the molecule is CCCCCCCCCCCCCCCCCC(=O)OC[C@H](OC(=O)CCCCCCCCCCCCC)[C@H]1OC(=O)C(O)=C1OC(=O)CCCCCCCCCCCCCCC. The summed E-state index contributed by atoms with van der Waals surface area (Å²) in [6.07, 6.45) is 44.3. The quantitative estimate of drug-likeness (QED) is 0.0361. The standard InChI is InChI=1S/C54H98O9/c1-4-7-10-13-16-19-22-24-25-27-29-31-34-37-40-43-48(55)60-46-47(61-49(56)44-41-38-35-32-28-21-18-15-12-9-6-3)52-53(51(58)54(59)63-52)62-50(57)45-42-39-36-33-30-26-23-20-17-14-11-8-5-2/h47,52,58H,4-46H2,1-3H3/t47-,52+/m0/s1. The Balaban J connectivity index is 2.54. The van der Waals surface area contributed by atoms with Crippen LogP contribution in [0.2, 0.25) is 0 Å². The van der Waals surface area contributed by atoms with Crippen molar-refractivity contribution in [1.29, 1.82) is 0 Å². The maximum absolute atomic E-state index is 13.1. The Morgan fingerprint density at radius 3 is 1.06 bits per heavy atom. The average molecular weight is 891 g/mol. The largest absolute Gasteiger partial charge is 0.499 e. The number of unbranched alkanes of at least 4 members (excludes halogenated alkanes) is 36. The van der Waals surface area contributed by atoms with Crippen LogP contribution in [0, 0.1) is 0 Å². The van der Waals surface area contributed by atoms with E-state index in [1.165, 1.54) is 173 Å². The summed E-state index contributed by atoms with van der Waals surface area (Å²) in [6, 6.07) is 0. The second-order valence-electron chi connectivity index (χ2n) is 18.7. The topological polar surface area (TPSA) is 125 Å². The highest BCUT2D eigenvalue weighted by atomic mass is 16.6. The number of ether oxygens (including phenoxy) is 4. The van der Waals surface area contributed by atoms with Gasteiger partial charge in [-0.15, -0.1) is 0 Å². The van der Waals surface area contributed by atoms with Crippen LogP contribution in [0.3, 0.4) is 0 Å². The molecule has 0 bridgehead atoms. The van der Waals surface area contributed by atoms with Crippen molar-refractivity contribution in [2.45, 2.75) is 303 Å². The Labute approximate surface area is 386 Å². The molecule has 0 saturated heterocycles. The van der Waals surface area contributed by atoms with E-state index in [4.69, 9.17) is 18.9 Å². The first kappa shape index (κ1) is 58.4. The second kappa shape index (κ2) is 43.3. The zero-order valence-electron chi connectivity index (χ0n) is 41.3. The molecule has 1 rings (SSSR count). The molecule has 0 amide bonds. The van der Waals surface area contributed by atoms with Crippen LogP contribution in [0.25, 0.3) is 0 Å². The first-order valence-electron chi connectivity index (χ1n) is 27.0. The van der Waals surface area contributed by atoms with Crippen LogP contribution in [-0.4, -0.2) is 47.8 Å². The van der Waals surface area contributed by atoms with Crippen LogP contribution in [0.4, 0.5) is 0 Å². The van der Waals surface area contributed by atoms with Gasteiger partial charge in [-0.3, -0.25) is 14.4 Å². The van der Waals surface area contributed by atoms with Crippen molar-refractivity contribution < 1.29 is 43.2 Å². The molecule has 0 aromatic heterocycles. The molecule has 1 aliphatic heterocycles. The summed E-state index contributed by atoms with van der Waals surface area (Å²) < 4.78 is 22.3. The molecule has 9 heteroatoms. The molecule has 0 saturated carbocycles. The minimum atomic E-state index is -1.40. The van der Waals surface area contributed by atoms with Gasteiger partial charge in [0.15, 0.2) is 6.10 Å². The molecule has 0 aromatic rings. The number of hydrogen-bond acceptors (Lipinski definition) is 9. The number of esters is 4. The first-order chi connectivity index (χ1) is 30.8. The predicted molar refractivity (Wildman–Crippen MR) is 257 cm³/mol. The summed E-state index contributed by atoms with van der Waals surface area (Å²) in [5, 5.41) is 10.6. The van der Waals surface area contributed by atoms with E-state index < -0.39 is 41.8 Å². The van der Waals surface area contributed by atoms with Gasteiger partial charge in [0.25, 0.3) is 0 Å². The zero-order chi connectivity index (χ0) is 45.9. The maximum Gasteiger partial charge on any atom is 0.378 e. The van der Waals surface area contributed by atoms with Crippen molar-refractivity contribution in [2.24, 2.45) is 0 Å². The Morgan fingerprint density at radius 1 is 0.444 bits per heavy atom. The summed E-state index contributed by atoms with van der Waals surface area (Å²) in [5.41, 5.74) is 0. The molecular weight excluding hydrogens is 793 g/mol. The summed E-state index contributed by atoms with van der Waals surface area (Å²) in [6.45, 7) is 6.35. The maximum atomic E-state index is 13.1. The van der Waals surface area contributed by atoms with Crippen molar-refractivity contribution in [2.75, 3.05) is 6.61 Å². The minimum absolute atomic E-state index is 0.118. The fraction of sp³-hybridized carbons (Fsp3) is 0.889. The lowest BCUT2D eigenvalue weighted by Crippen LogP contribution is -2.38. The normalized spacial score (nSPS) is 14.3. The molecule has 9 nitrogen and oxygen atoms in total. The first-order valence-corrected chi connectivity index (χ1v) is 27.0. The number of carbonyl (C=O) groups excluding carboxylic acids is 4. The molecule has 2 atom stereocenters. The van der Waals surface area contributed by atoms with Crippen LogP contribution in [0.5, 0.6) is 0 Å². The molecule has 0 aliphatic carbocycles. The minimum Gasteiger partial charge on any atom is -0.499 e. The Kier molecular flexibility index (Phi) is 40.2. The van der Waals surface area contributed by atoms with Crippen LogP contribution >= 0.6 is 0 Å². The number of rotatable bonds is 47. The number of aliphatic hydroxyl groups excluding tert-OH is 1. The molecular formula is C54H98O9. The van der Waals surface area contributed by atoms with E-state index in [9.17, 15) is 24.3 Å².